The van der Waals surface area contributed by atoms with Gasteiger partial charge in [-0.2, -0.15) is 0 Å². The Morgan fingerprint density at radius 1 is 0.923 bits per heavy atom. The van der Waals surface area contributed by atoms with Crippen LogP contribution in [0.2, 0.25) is 0 Å². The van der Waals surface area contributed by atoms with Crippen LogP contribution in [0.3, 0.4) is 0 Å². The molecule has 26 heavy (non-hydrogen) atoms. The Morgan fingerprint density at radius 2 is 1.62 bits per heavy atom. The highest BCUT2D eigenvalue weighted by atomic mass is 16.6. The Kier molecular flexibility index (Phi) is 9.19. The molecule has 0 atom stereocenters. The van der Waals surface area contributed by atoms with E-state index >= 15 is 0 Å². The van der Waals surface area contributed by atoms with Crippen LogP contribution in [0.5, 0.6) is 0 Å². The van der Waals surface area contributed by atoms with Gasteiger partial charge in [-0.25, -0.2) is 4.79 Å². The molecule has 0 aliphatic carbocycles. The largest absolute Gasteiger partial charge is 0.444 e. The molecule has 0 heterocycles. The molecule has 0 radical (unpaired) electrons. The molecular weight excluding hydrogens is 334 g/mol. The molecule has 0 fully saturated rings. The molecule has 1 rings (SSSR count). The molecule has 0 saturated heterocycles. The molecule has 3 N–H and O–H groups in total. The summed E-state index contributed by atoms with van der Waals surface area (Å²) in [5.74, 6) is -0.278. The van der Waals surface area contributed by atoms with Crippen LogP contribution in [0.4, 0.5) is 10.5 Å². The fraction of sp³-hybridized carbons (Fsp3) is 0.526. The number of carbonyl (C=O) groups excluding carboxylic acids is 3. The summed E-state index contributed by atoms with van der Waals surface area (Å²) >= 11 is 0. The second-order valence-corrected chi connectivity index (χ2v) is 6.93. The number of rotatable bonds is 9. The topological polar surface area (TPSA) is 96.5 Å². The number of benzene rings is 1. The van der Waals surface area contributed by atoms with Gasteiger partial charge in [-0.15, -0.1) is 0 Å². The summed E-state index contributed by atoms with van der Waals surface area (Å²) in [6, 6.07) is 9.33. The lowest BCUT2D eigenvalue weighted by Gasteiger charge is -2.19. The zero-order chi connectivity index (χ0) is 19.4. The quantitative estimate of drug-likeness (QED) is 0.588. The maximum absolute atomic E-state index is 11.8. The molecule has 3 amide bonds. The second-order valence-electron chi connectivity index (χ2n) is 6.93. The number of carbonyl (C=O) groups is 3. The van der Waals surface area contributed by atoms with Crippen LogP contribution in [0.1, 0.15) is 46.5 Å². The summed E-state index contributed by atoms with van der Waals surface area (Å²) in [7, 11) is 0. The van der Waals surface area contributed by atoms with Gasteiger partial charge in [-0.1, -0.05) is 24.6 Å². The zero-order valence-electron chi connectivity index (χ0n) is 15.8. The average molecular weight is 363 g/mol. The third-order valence-corrected chi connectivity index (χ3v) is 3.25. The van der Waals surface area contributed by atoms with Crippen molar-refractivity contribution in [3.05, 3.63) is 30.3 Å². The first-order valence-electron chi connectivity index (χ1n) is 8.85. The van der Waals surface area contributed by atoms with Gasteiger partial charge >= 0.3 is 6.09 Å². The lowest BCUT2D eigenvalue weighted by Crippen LogP contribution is -2.39. The minimum absolute atomic E-state index is 0.0122. The van der Waals surface area contributed by atoms with Crippen LogP contribution in [0.15, 0.2) is 30.3 Å². The summed E-state index contributed by atoms with van der Waals surface area (Å²) < 4.78 is 5.04. The first-order chi connectivity index (χ1) is 12.3. The van der Waals surface area contributed by atoms with Gasteiger partial charge < -0.3 is 20.7 Å². The van der Waals surface area contributed by atoms with Gasteiger partial charge in [0, 0.05) is 18.7 Å². The normalized spacial score (nSPS) is 10.7. The molecule has 1 aromatic carbocycles. The van der Waals surface area contributed by atoms with Crippen molar-refractivity contribution in [2.75, 3.05) is 18.4 Å². The predicted octanol–water partition coefficient (Wildman–Crippen LogP) is 2.83. The maximum atomic E-state index is 11.8. The van der Waals surface area contributed by atoms with E-state index in [-0.39, 0.29) is 18.4 Å². The van der Waals surface area contributed by atoms with Crippen LogP contribution in [-0.2, 0) is 14.3 Å². The van der Waals surface area contributed by atoms with Crippen molar-refractivity contribution in [3.63, 3.8) is 0 Å². The van der Waals surface area contributed by atoms with E-state index in [1.165, 1.54) is 0 Å². The smallest absolute Gasteiger partial charge is 0.408 e. The van der Waals surface area contributed by atoms with Crippen molar-refractivity contribution in [1.29, 1.82) is 0 Å². The van der Waals surface area contributed by atoms with E-state index in [0.717, 1.165) is 24.9 Å². The lowest BCUT2D eigenvalue weighted by molar-refractivity contribution is -0.120. The molecule has 0 aromatic heterocycles. The van der Waals surface area contributed by atoms with Gasteiger partial charge in [0.15, 0.2) is 0 Å². The van der Waals surface area contributed by atoms with Crippen LogP contribution < -0.4 is 16.0 Å². The molecule has 0 bridgehead atoms. The number of unbranched alkanes of at least 4 members (excludes halogenated alkanes) is 2. The summed E-state index contributed by atoms with van der Waals surface area (Å²) in [4.78, 5) is 34.8. The van der Waals surface area contributed by atoms with Crippen LogP contribution in [-0.4, -0.2) is 36.6 Å². The van der Waals surface area contributed by atoms with Gasteiger partial charge in [-0.3, -0.25) is 9.59 Å². The standard InChI is InChI=1S/C19H29N3O4/c1-19(2,3)26-18(25)21-14-17(24)20-13-9-5-8-12-16(23)22-15-10-6-4-7-11-15/h4,6-7,10-11H,5,8-9,12-14H2,1-3H3,(H,20,24)(H,21,25)(H,22,23). The van der Waals surface area contributed by atoms with Crippen molar-refractivity contribution in [2.45, 2.75) is 52.1 Å². The SMILES string of the molecule is CC(C)(C)OC(=O)NCC(=O)NCCCCCC(=O)Nc1ccccc1. The molecule has 0 aliphatic rings. The van der Waals surface area contributed by atoms with Gasteiger partial charge in [0.1, 0.15) is 5.60 Å². The van der Waals surface area contributed by atoms with Crippen molar-refractivity contribution in [1.82, 2.24) is 10.6 Å². The molecule has 0 unspecified atom stereocenters. The van der Waals surface area contributed by atoms with Gasteiger partial charge in [0.25, 0.3) is 0 Å². The highest BCUT2D eigenvalue weighted by molar-refractivity contribution is 5.90. The molecular formula is C19H29N3O4. The first-order valence-corrected chi connectivity index (χ1v) is 8.85. The van der Waals surface area contributed by atoms with E-state index in [9.17, 15) is 14.4 Å². The summed E-state index contributed by atoms with van der Waals surface area (Å²) in [5, 5.41) is 7.96. The lowest BCUT2D eigenvalue weighted by atomic mass is 10.2. The van der Waals surface area contributed by atoms with E-state index in [0.29, 0.717) is 13.0 Å². The molecule has 144 valence electrons. The third-order valence-electron chi connectivity index (χ3n) is 3.25. The molecule has 0 saturated carbocycles. The Hall–Kier alpha value is -2.57. The number of anilines is 1. The molecule has 1 aromatic rings. The zero-order valence-corrected chi connectivity index (χ0v) is 15.8. The highest BCUT2D eigenvalue weighted by Gasteiger charge is 2.16. The van der Waals surface area contributed by atoms with Gasteiger partial charge in [-0.05, 0) is 45.7 Å². The monoisotopic (exact) mass is 363 g/mol. The van der Waals surface area contributed by atoms with E-state index in [4.69, 9.17) is 4.74 Å². The molecule has 7 nitrogen and oxygen atoms in total. The average Bonchev–Trinajstić information content (AvgIpc) is 2.55. The number of para-hydroxylation sites is 1. The second kappa shape index (κ2) is 11.1. The summed E-state index contributed by atoms with van der Waals surface area (Å²) in [6.45, 7) is 5.66. The number of ether oxygens (including phenoxy) is 1. The Morgan fingerprint density at radius 3 is 2.27 bits per heavy atom. The summed E-state index contributed by atoms with van der Waals surface area (Å²) in [5.41, 5.74) is 0.204. The number of hydrogen-bond donors (Lipinski definition) is 3. The van der Waals surface area contributed by atoms with Gasteiger partial charge in [0.2, 0.25) is 11.8 Å². The van der Waals surface area contributed by atoms with Crippen molar-refractivity contribution in [2.24, 2.45) is 0 Å². The van der Waals surface area contributed by atoms with Crippen LogP contribution in [0, 0.1) is 0 Å². The van der Waals surface area contributed by atoms with E-state index in [1.807, 2.05) is 30.3 Å². The highest BCUT2D eigenvalue weighted by Crippen LogP contribution is 2.07. The molecule has 7 heteroatoms. The number of nitrogens with one attached hydrogen (secondary N) is 3. The van der Waals surface area contributed by atoms with E-state index in [1.54, 1.807) is 20.8 Å². The van der Waals surface area contributed by atoms with E-state index in [2.05, 4.69) is 16.0 Å². The van der Waals surface area contributed by atoms with Crippen molar-refractivity contribution < 1.29 is 19.1 Å². The fourth-order valence-electron chi connectivity index (χ4n) is 2.09. The van der Waals surface area contributed by atoms with Crippen molar-refractivity contribution >= 4 is 23.6 Å². The third kappa shape index (κ3) is 11.1. The maximum Gasteiger partial charge on any atom is 0.408 e. The Balaban J connectivity index is 2.02. The summed E-state index contributed by atoms with van der Waals surface area (Å²) in [6.07, 6.45) is 2.20. The Bertz CT molecular complexity index is 582. The minimum Gasteiger partial charge on any atom is -0.444 e. The number of hydrogen-bond acceptors (Lipinski definition) is 4. The minimum atomic E-state index is -0.614. The van der Waals surface area contributed by atoms with E-state index < -0.39 is 11.7 Å². The Labute approximate surface area is 154 Å². The van der Waals surface area contributed by atoms with Crippen LogP contribution in [0.25, 0.3) is 0 Å². The first kappa shape index (κ1) is 21.5. The molecule has 0 aliphatic heterocycles. The number of amides is 3. The molecule has 0 spiro atoms. The number of alkyl carbamates (subject to hydrolysis) is 1. The van der Waals surface area contributed by atoms with Crippen molar-refractivity contribution in [3.8, 4) is 0 Å². The van der Waals surface area contributed by atoms with Crippen LogP contribution >= 0.6 is 0 Å². The predicted molar refractivity (Wildman–Crippen MR) is 101 cm³/mol. The fourth-order valence-corrected chi connectivity index (χ4v) is 2.09. The van der Waals surface area contributed by atoms with Gasteiger partial charge in [0.05, 0.1) is 6.54 Å².